The molecule has 1 saturated heterocycles. The first-order chi connectivity index (χ1) is 12.6. The zero-order valence-electron chi connectivity index (χ0n) is 17.4. The molecule has 2 heterocycles. The molecule has 0 amide bonds. The van der Waals surface area contributed by atoms with Gasteiger partial charge >= 0.3 is 5.69 Å². The number of hydrogen-bond donors (Lipinski definition) is 1. The minimum Gasteiger partial charge on any atom is -0.383 e. The van der Waals surface area contributed by atoms with Crippen LogP contribution in [-0.4, -0.2) is 53.3 Å². The number of anilines is 1. The van der Waals surface area contributed by atoms with Gasteiger partial charge in [-0.3, -0.25) is 4.57 Å². The van der Waals surface area contributed by atoms with Gasteiger partial charge < -0.3 is 24.7 Å². The molecule has 0 spiro atoms. The Hall–Kier alpha value is -1.48. The van der Waals surface area contributed by atoms with Gasteiger partial charge in [-0.05, 0) is 41.0 Å². The third kappa shape index (κ3) is 4.51. The molecule has 0 unspecified atom stereocenters. The summed E-state index contributed by atoms with van der Waals surface area (Å²) in [5.41, 5.74) is 5.24. The number of aryl methyl sites for hydroxylation is 1. The molecule has 0 aromatic carbocycles. The second-order valence-corrected chi connectivity index (χ2v) is 7.59. The van der Waals surface area contributed by atoms with Crippen LogP contribution in [0, 0.1) is 6.92 Å². The van der Waals surface area contributed by atoms with E-state index in [4.69, 9.17) is 24.7 Å². The maximum Gasteiger partial charge on any atom is 0.351 e. The summed E-state index contributed by atoms with van der Waals surface area (Å²) < 4.78 is 25.7. The second-order valence-electron chi connectivity index (χ2n) is 7.59. The molecule has 0 radical (unpaired) electrons. The molecule has 0 aliphatic carbocycles. The first-order valence-electron chi connectivity index (χ1n) is 9.48. The van der Waals surface area contributed by atoms with Crippen molar-refractivity contribution in [1.82, 2.24) is 9.55 Å². The van der Waals surface area contributed by atoms with Crippen molar-refractivity contribution in [1.29, 1.82) is 0 Å². The largest absolute Gasteiger partial charge is 0.383 e. The fourth-order valence-electron chi connectivity index (χ4n) is 3.34. The van der Waals surface area contributed by atoms with Crippen molar-refractivity contribution in [3.8, 4) is 0 Å². The first kappa shape index (κ1) is 21.8. The van der Waals surface area contributed by atoms with Crippen LogP contribution in [0.4, 0.5) is 5.82 Å². The van der Waals surface area contributed by atoms with Gasteiger partial charge in [0.2, 0.25) is 0 Å². The number of nitrogens with two attached hydrogens (primary N) is 1. The third-order valence-electron chi connectivity index (χ3n) is 4.85. The summed E-state index contributed by atoms with van der Waals surface area (Å²) >= 11 is 0. The van der Waals surface area contributed by atoms with Gasteiger partial charge in [-0.25, -0.2) is 4.79 Å². The van der Waals surface area contributed by atoms with Crippen molar-refractivity contribution < 1.29 is 18.9 Å². The first-order valence-corrected chi connectivity index (χ1v) is 9.48. The van der Waals surface area contributed by atoms with E-state index in [1.807, 2.05) is 34.6 Å². The molecular formula is C19H33N3O5. The molecule has 8 nitrogen and oxygen atoms in total. The average molecular weight is 383 g/mol. The van der Waals surface area contributed by atoms with Crippen molar-refractivity contribution in [2.24, 2.45) is 0 Å². The fraction of sp³-hybridized carbons (Fsp3) is 0.789. The van der Waals surface area contributed by atoms with Crippen LogP contribution in [0.2, 0.25) is 0 Å². The topological polar surface area (TPSA) is 97.8 Å². The SMILES string of the molecule is CC[C@]1(COC(C)C)O[C@@H](n2cc(C)c(N)nc2=O)[C@H](OC)[C@@H]1OC(C)C. The standard InChI is InChI=1S/C19H33N3O5/c1-8-19(10-25-11(2)3)15(26-12(4)5)14(24-7)17(27-19)22-9-13(6)16(20)21-18(22)23/h9,11-12,14-15,17H,8,10H2,1-7H3,(H2,20,21,23)/t14-,15+,17-,19-/m1/s1. The van der Waals surface area contributed by atoms with Crippen LogP contribution in [0.15, 0.2) is 11.0 Å². The Labute approximate surface area is 161 Å². The van der Waals surface area contributed by atoms with E-state index in [-0.39, 0.29) is 18.0 Å². The van der Waals surface area contributed by atoms with E-state index >= 15 is 0 Å². The highest BCUT2D eigenvalue weighted by Crippen LogP contribution is 2.43. The van der Waals surface area contributed by atoms with E-state index in [2.05, 4.69) is 4.98 Å². The van der Waals surface area contributed by atoms with E-state index in [1.165, 1.54) is 4.57 Å². The highest BCUT2D eigenvalue weighted by Gasteiger charge is 2.57. The smallest absolute Gasteiger partial charge is 0.351 e. The van der Waals surface area contributed by atoms with E-state index < -0.39 is 29.7 Å². The summed E-state index contributed by atoms with van der Waals surface area (Å²) in [5.74, 6) is 0.211. The Bertz CT molecular complexity index is 690. The van der Waals surface area contributed by atoms with Gasteiger partial charge in [-0.15, -0.1) is 0 Å². The van der Waals surface area contributed by atoms with Gasteiger partial charge in [0.1, 0.15) is 23.6 Å². The Morgan fingerprint density at radius 1 is 1.33 bits per heavy atom. The number of aromatic nitrogens is 2. The second kappa shape index (κ2) is 8.68. The molecule has 154 valence electrons. The van der Waals surface area contributed by atoms with Gasteiger partial charge in [0, 0.05) is 18.9 Å². The molecule has 1 fully saturated rings. The van der Waals surface area contributed by atoms with Crippen molar-refractivity contribution in [3.63, 3.8) is 0 Å². The predicted octanol–water partition coefficient (Wildman–Crippen LogP) is 2.05. The molecule has 4 atom stereocenters. The van der Waals surface area contributed by atoms with Crippen LogP contribution < -0.4 is 11.4 Å². The summed E-state index contributed by atoms with van der Waals surface area (Å²) in [7, 11) is 1.59. The summed E-state index contributed by atoms with van der Waals surface area (Å²) in [6.45, 7) is 12.0. The molecule has 1 aromatic rings. The molecule has 27 heavy (non-hydrogen) atoms. The Balaban J connectivity index is 2.50. The average Bonchev–Trinajstić information content (AvgIpc) is 2.89. The van der Waals surface area contributed by atoms with Crippen molar-refractivity contribution in [3.05, 3.63) is 22.2 Å². The Morgan fingerprint density at radius 3 is 2.52 bits per heavy atom. The van der Waals surface area contributed by atoms with E-state index in [0.717, 1.165) is 0 Å². The lowest BCUT2D eigenvalue weighted by molar-refractivity contribution is -0.168. The van der Waals surface area contributed by atoms with Gasteiger partial charge in [0.25, 0.3) is 0 Å². The molecular weight excluding hydrogens is 350 g/mol. The highest BCUT2D eigenvalue weighted by molar-refractivity contribution is 5.35. The van der Waals surface area contributed by atoms with Crippen LogP contribution in [-0.2, 0) is 18.9 Å². The van der Waals surface area contributed by atoms with Crippen LogP contribution >= 0.6 is 0 Å². The Morgan fingerprint density at radius 2 is 2.00 bits per heavy atom. The molecule has 2 rings (SSSR count). The zero-order valence-corrected chi connectivity index (χ0v) is 17.4. The van der Waals surface area contributed by atoms with Crippen molar-refractivity contribution >= 4 is 5.82 Å². The predicted molar refractivity (Wildman–Crippen MR) is 103 cm³/mol. The minimum absolute atomic E-state index is 0.0389. The monoisotopic (exact) mass is 383 g/mol. The number of nitrogens with zero attached hydrogens (tertiary/aromatic N) is 2. The van der Waals surface area contributed by atoms with Crippen LogP contribution in [0.25, 0.3) is 0 Å². The van der Waals surface area contributed by atoms with Crippen molar-refractivity contribution in [2.75, 3.05) is 19.5 Å². The number of rotatable bonds is 8. The minimum atomic E-state index is -0.741. The van der Waals surface area contributed by atoms with Gasteiger partial charge in [0.05, 0.1) is 18.8 Å². The maximum absolute atomic E-state index is 12.5. The van der Waals surface area contributed by atoms with Gasteiger partial charge in [-0.2, -0.15) is 4.98 Å². The van der Waals surface area contributed by atoms with Gasteiger partial charge in [0.15, 0.2) is 6.23 Å². The normalized spacial score (nSPS) is 28.4. The molecule has 1 aliphatic rings. The third-order valence-corrected chi connectivity index (χ3v) is 4.85. The van der Waals surface area contributed by atoms with Crippen LogP contribution in [0.3, 0.4) is 0 Å². The fourth-order valence-corrected chi connectivity index (χ4v) is 3.34. The summed E-state index contributed by atoms with van der Waals surface area (Å²) in [5, 5.41) is 0. The lowest BCUT2D eigenvalue weighted by Crippen LogP contribution is -2.50. The molecule has 2 N–H and O–H groups in total. The molecule has 8 heteroatoms. The summed E-state index contributed by atoms with van der Waals surface area (Å²) in [6.07, 6.45) is 0.718. The Kier molecular flexibility index (Phi) is 7.02. The van der Waals surface area contributed by atoms with Gasteiger partial charge in [-0.1, -0.05) is 6.92 Å². The number of hydrogen-bond acceptors (Lipinski definition) is 7. The number of methoxy groups -OCH3 is 1. The highest BCUT2D eigenvalue weighted by atomic mass is 16.6. The molecule has 0 saturated carbocycles. The summed E-state index contributed by atoms with van der Waals surface area (Å²) in [6, 6.07) is 0. The van der Waals surface area contributed by atoms with Crippen LogP contribution in [0.1, 0.15) is 52.8 Å². The lowest BCUT2D eigenvalue weighted by atomic mass is 9.92. The van der Waals surface area contributed by atoms with Crippen LogP contribution in [0.5, 0.6) is 0 Å². The van der Waals surface area contributed by atoms with E-state index in [1.54, 1.807) is 20.2 Å². The maximum atomic E-state index is 12.5. The zero-order chi connectivity index (χ0) is 20.4. The number of nitrogen functional groups attached to an aromatic ring is 1. The molecule has 0 bridgehead atoms. The van der Waals surface area contributed by atoms with E-state index in [0.29, 0.717) is 18.6 Å². The summed E-state index contributed by atoms with van der Waals surface area (Å²) in [4.78, 5) is 16.4. The molecule has 1 aromatic heterocycles. The quantitative estimate of drug-likeness (QED) is 0.733. The van der Waals surface area contributed by atoms with Crippen molar-refractivity contribution in [2.45, 2.75) is 84.2 Å². The lowest BCUT2D eigenvalue weighted by Gasteiger charge is -2.35. The number of ether oxygens (including phenoxy) is 4. The molecule has 1 aliphatic heterocycles. The van der Waals surface area contributed by atoms with E-state index in [9.17, 15) is 4.79 Å².